The third-order valence-corrected chi connectivity index (χ3v) is 6.60. The van der Waals surface area contributed by atoms with Crippen LogP contribution in [0.15, 0.2) is 59.5 Å². The van der Waals surface area contributed by atoms with E-state index < -0.39 is 27.7 Å². The molecule has 32 heavy (non-hydrogen) atoms. The number of nitrogens with one attached hydrogen (secondary N) is 1. The van der Waals surface area contributed by atoms with Gasteiger partial charge in [-0.25, -0.2) is 8.42 Å². The van der Waals surface area contributed by atoms with E-state index in [4.69, 9.17) is 9.47 Å². The molecule has 0 radical (unpaired) electrons. The molecule has 1 aliphatic rings. The second-order valence-corrected chi connectivity index (χ2v) is 8.73. The minimum atomic E-state index is -4.77. The van der Waals surface area contributed by atoms with Gasteiger partial charge in [-0.15, -0.1) is 0 Å². The summed E-state index contributed by atoms with van der Waals surface area (Å²) < 4.78 is 77.8. The highest BCUT2D eigenvalue weighted by molar-refractivity contribution is 7.89. The number of carbonyl (C=O) groups is 1. The van der Waals surface area contributed by atoms with Crippen molar-refractivity contribution >= 4 is 27.2 Å². The Labute approximate surface area is 183 Å². The van der Waals surface area contributed by atoms with E-state index in [1.165, 1.54) is 47.8 Å². The maximum Gasteiger partial charge on any atom is 0.417 e. The van der Waals surface area contributed by atoms with Gasteiger partial charge in [0.05, 0.1) is 36.5 Å². The van der Waals surface area contributed by atoms with Gasteiger partial charge < -0.3 is 14.8 Å². The lowest BCUT2D eigenvalue weighted by molar-refractivity contribution is -0.112. The number of carbonyl (C=O) groups excluding carboxylic acids is 1. The average molecular weight is 470 g/mol. The van der Waals surface area contributed by atoms with Gasteiger partial charge in [0.2, 0.25) is 15.9 Å². The molecular weight excluding hydrogens is 449 g/mol. The van der Waals surface area contributed by atoms with Crippen LogP contribution in [0.3, 0.4) is 0 Å². The molecule has 7 nitrogen and oxygen atoms in total. The number of morpholine rings is 1. The maximum atomic E-state index is 13.5. The number of sulfonamides is 1. The molecule has 0 spiro atoms. The third-order valence-electron chi connectivity index (χ3n) is 4.70. The summed E-state index contributed by atoms with van der Waals surface area (Å²) in [6.07, 6.45) is -4.35. The molecule has 1 fully saturated rings. The van der Waals surface area contributed by atoms with E-state index in [0.717, 1.165) is 6.07 Å². The van der Waals surface area contributed by atoms with Crippen molar-refractivity contribution in [2.75, 3.05) is 38.7 Å². The molecule has 1 amide bonds. The highest BCUT2D eigenvalue weighted by atomic mass is 32.2. The number of anilines is 1. The van der Waals surface area contributed by atoms with E-state index in [9.17, 15) is 26.4 Å². The summed E-state index contributed by atoms with van der Waals surface area (Å²) in [6.45, 7) is 0.850. The Morgan fingerprint density at radius 2 is 1.78 bits per heavy atom. The largest absolute Gasteiger partial charge is 0.495 e. The summed E-state index contributed by atoms with van der Waals surface area (Å²) in [7, 11) is -2.59. The Morgan fingerprint density at radius 3 is 2.38 bits per heavy atom. The number of amides is 1. The first-order chi connectivity index (χ1) is 15.1. The zero-order chi connectivity index (χ0) is 23.4. The number of halogens is 3. The lowest BCUT2D eigenvalue weighted by atomic mass is 10.1. The minimum Gasteiger partial charge on any atom is -0.495 e. The second kappa shape index (κ2) is 9.72. The van der Waals surface area contributed by atoms with Crippen molar-refractivity contribution in [2.24, 2.45) is 0 Å². The highest BCUT2D eigenvalue weighted by Crippen LogP contribution is 2.34. The number of rotatable bonds is 6. The van der Waals surface area contributed by atoms with Gasteiger partial charge in [0.25, 0.3) is 0 Å². The van der Waals surface area contributed by atoms with Crippen LogP contribution in [0.2, 0.25) is 0 Å². The van der Waals surface area contributed by atoms with Crippen LogP contribution in [0.1, 0.15) is 5.56 Å². The molecule has 0 aliphatic carbocycles. The molecular formula is C21H21F3N2O5S. The standard InChI is InChI=1S/C21H21F3N2O5S/c1-30-19-8-7-16(32(28,29)26-9-11-31-12-10-26)13-18(19)25-20(27)14-17(21(22,23)24)15-5-3-2-4-6-15/h2-8,13-14H,9-12H2,1H3,(H,25,27)/b17-14-. The average Bonchev–Trinajstić information content (AvgIpc) is 2.78. The van der Waals surface area contributed by atoms with E-state index in [2.05, 4.69) is 5.32 Å². The summed E-state index contributed by atoms with van der Waals surface area (Å²) in [5.74, 6) is -0.985. The zero-order valence-electron chi connectivity index (χ0n) is 17.1. The highest BCUT2D eigenvalue weighted by Gasteiger charge is 2.35. The molecule has 2 aromatic rings. The van der Waals surface area contributed by atoms with Crippen molar-refractivity contribution in [3.05, 3.63) is 60.2 Å². The Morgan fingerprint density at radius 1 is 1.12 bits per heavy atom. The van der Waals surface area contributed by atoms with Crippen molar-refractivity contribution < 1.29 is 35.9 Å². The van der Waals surface area contributed by atoms with Crippen molar-refractivity contribution in [1.29, 1.82) is 0 Å². The minimum absolute atomic E-state index is 0.0716. The number of nitrogens with zero attached hydrogens (tertiary/aromatic N) is 1. The molecule has 0 bridgehead atoms. The van der Waals surface area contributed by atoms with Crippen molar-refractivity contribution in [3.8, 4) is 5.75 Å². The number of methoxy groups -OCH3 is 1. The van der Waals surface area contributed by atoms with Crippen LogP contribution < -0.4 is 10.1 Å². The third kappa shape index (κ3) is 5.47. The van der Waals surface area contributed by atoms with Gasteiger partial charge in [-0.1, -0.05) is 30.3 Å². The smallest absolute Gasteiger partial charge is 0.417 e. The van der Waals surface area contributed by atoms with Crippen molar-refractivity contribution in [2.45, 2.75) is 11.1 Å². The molecule has 172 valence electrons. The van der Waals surface area contributed by atoms with Crippen LogP contribution in [-0.2, 0) is 19.6 Å². The number of hydrogen-bond donors (Lipinski definition) is 1. The van der Waals surface area contributed by atoms with Gasteiger partial charge in [-0.2, -0.15) is 17.5 Å². The molecule has 0 unspecified atom stereocenters. The molecule has 1 N–H and O–H groups in total. The molecule has 11 heteroatoms. The summed E-state index contributed by atoms with van der Waals surface area (Å²) in [5.41, 5.74) is -1.38. The second-order valence-electron chi connectivity index (χ2n) is 6.79. The number of allylic oxidation sites excluding steroid dienone is 1. The molecule has 1 aliphatic heterocycles. The summed E-state index contributed by atoms with van der Waals surface area (Å²) in [6, 6.07) is 10.7. The zero-order valence-corrected chi connectivity index (χ0v) is 17.9. The predicted molar refractivity (Wildman–Crippen MR) is 112 cm³/mol. The number of benzene rings is 2. The van der Waals surface area contributed by atoms with Crippen LogP contribution in [0, 0.1) is 0 Å². The number of alkyl halides is 3. The maximum absolute atomic E-state index is 13.5. The van der Waals surface area contributed by atoms with E-state index in [0.29, 0.717) is 6.08 Å². The number of hydrogen-bond acceptors (Lipinski definition) is 5. The number of ether oxygens (including phenoxy) is 2. The topological polar surface area (TPSA) is 84.9 Å². The predicted octanol–water partition coefficient (Wildman–Crippen LogP) is 3.30. The Balaban J connectivity index is 1.92. The molecule has 1 heterocycles. The Hall–Kier alpha value is -2.89. The van der Waals surface area contributed by atoms with Gasteiger partial charge in [0.1, 0.15) is 5.75 Å². The van der Waals surface area contributed by atoms with E-state index in [-0.39, 0.29) is 48.2 Å². The molecule has 3 rings (SSSR count). The normalized spacial score (nSPS) is 15.9. The summed E-state index contributed by atoms with van der Waals surface area (Å²) >= 11 is 0. The SMILES string of the molecule is COc1ccc(S(=O)(=O)N2CCOCC2)cc1NC(=O)/C=C(/c1ccccc1)C(F)(F)F. The van der Waals surface area contributed by atoms with Gasteiger partial charge in [-0.3, -0.25) is 4.79 Å². The van der Waals surface area contributed by atoms with E-state index in [1.54, 1.807) is 6.07 Å². The van der Waals surface area contributed by atoms with E-state index in [1.807, 2.05) is 0 Å². The van der Waals surface area contributed by atoms with Gasteiger partial charge >= 0.3 is 6.18 Å². The fraction of sp³-hybridized carbons (Fsp3) is 0.286. The van der Waals surface area contributed by atoms with Gasteiger partial charge in [-0.05, 0) is 23.8 Å². The molecule has 0 atom stereocenters. The van der Waals surface area contributed by atoms with Crippen molar-refractivity contribution in [3.63, 3.8) is 0 Å². The van der Waals surface area contributed by atoms with Crippen LogP contribution in [0.4, 0.5) is 18.9 Å². The van der Waals surface area contributed by atoms with Gasteiger partial charge in [0.15, 0.2) is 0 Å². The lowest BCUT2D eigenvalue weighted by Gasteiger charge is -2.26. The fourth-order valence-corrected chi connectivity index (χ4v) is 4.56. The van der Waals surface area contributed by atoms with Crippen LogP contribution in [0.5, 0.6) is 5.75 Å². The Bertz CT molecular complexity index is 1100. The fourth-order valence-electron chi connectivity index (χ4n) is 3.13. The Kier molecular flexibility index (Phi) is 7.22. The molecule has 1 saturated heterocycles. The molecule has 2 aromatic carbocycles. The lowest BCUT2D eigenvalue weighted by Crippen LogP contribution is -2.40. The quantitative estimate of drug-likeness (QED) is 0.655. The van der Waals surface area contributed by atoms with Crippen LogP contribution >= 0.6 is 0 Å². The van der Waals surface area contributed by atoms with Crippen molar-refractivity contribution in [1.82, 2.24) is 4.31 Å². The summed E-state index contributed by atoms with van der Waals surface area (Å²) in [4.78, 5) is 12.3. The van der Waals surface area contributed by atoms with Crippen LogP contribution in [-0.4, -0.2) is 58.2 Å². The van der Waals surface area contributed by atoms with Gasteiger partial charge in [0, 0.05) is 19.2 Å². The van der Waals surface area contributed by atoms with E-state index >= 15 is 0 Å². The van der Waals surface area contributed by atoms with Crippen LogP contribution in [0.25, 0.3) is 5.57 Å². The molecule has 0 aromatic heterocycles. The first kappa shape index (κ1) is 23.8. The summed E-state index contributed by atoms with van der Waals surface area (Å²) in [5, 5.41) is 2.30. The first-order valence-electron chi connectivity index (χ1n) is 9.54. The molecule has 0 saturated carbocycles. The first-order valence-corrected chi connectivity index (χ1v) is 11.0. The monoisotopic (exact) mass is 470 g/mol.